The second kappa shape index (κ2) is 5.43. The number of carbonyl (C=O) groups is 2. The van der Waals surface area contributed by atoms with Crippen LogP contribution in [0.25, 0.3) is 0 Å². The molecule has 2 saturated carbocycles. The summed E-state index contributed by atoms with van der Waals surface area (Å²) in [6.07, 6.45) is 4.66. The highest BCUT2D eigenvalue weighted by Crippen LogP contribution is 2.57. The summed E-state index contributed by atoms with van der Waals surface area (Å²) in [4.78, 5) is 24.1. The normalized spacial score (nSPS) is 35.9. The molecule has 2 bridgehead atoms. The summed E-state index contributed by atoms with van der Waals surface area (Å²) in [6.45, 7) is 3.81. The van der Waals surface area contributed by atoms with E-state index in [1.807, 2.05) is 13.8 Å². The van der Waals surface area contributed by atoms with Gasteiger partial charge in [0.2, 0.25) is 5.91 Å². The van der Waals surface area contributed by atoms with Crippen LogP contribution in [0.15, 0.2) is 0 Å². The molecular weight excluding hydrogens is 310 g/mol. The molecule has 0 spiro atoms. The second-order valence-electron chi connectivity index (χ2n) is 6.14. The summed E-state index contributed by atoms with van der Waals surface area (Å²) in [5, 5.41) is 12.1. The Balaban J connectivity index is 2.09. The van der Waals surface area contributed by atoms with E-state index in [0.717, 1.165) is 32.1 Å². The molecule has 0 aliphatic heterocycles. The third-order valence-corrected chi connectivity index (χ3v) is 6.26. The van der Waals surface area contributed by atoms with Gasteiger partial charge in [-0.15, -0.1) is 0 Å². The second-order valence-corrected chi connectivity index (χ2v) is 7.25. The fraction of sp³-hybridized carbons (Fsp3) is 0.857. The first-order valence-electron chi connectivity index (χ1n) is 7.08. The molecule has 2 fully saturated rings. The fourth-order valence-corrected chi connectivity index (χ4v) is 4.65. The van der Waals surface area contributed by atoms with Crippen molar-refractivity contribution in [2.75, 3.05) is 0 Å². The molecule has 2 rings (SSSR count). The molecule has 0 aromatic rings. The number of halogens is 1. The first-order chi connectivity index (χ1) is 8.90. The highest BCUT2D eigenvalue weighted by Gasteiger charge is 2.56. The Morgan fingerprint density at radius 3 is 2.63 bits per heavy atom. The van der Waals surface area contributed by atoms with Gasteiger partial charge in [0.15, 0.2) is 0 Å². The minimum Gasteiger partial charge on any atom is -0.480 e. The van der Waals surface area contributed by atoms with Gasteiger partial charge in [-0.05, 0) is 37.5 Å². The highest BCUT2D eigenvalue weighted by atomic mass is 79.9. The van der Waals surface area contributed by atoms with Gasteiger partial charge < -0.3 is 10.4 Å². The van der Waals surface area contributed by atoms with Crippen LogP contribution in [0.5, 0.6) is 0 Å². The van der Waals surface area contributed by atoms with Crippen molar-refractivity contribution >= 4 is 27.8 Å². The summed E-state index contributed by atoms with van der Waals surface area (Å²) < 4.78 is 0. The Morgan fingerprint density at radius 1 is 1.53 bits per heavy atom. The quantitative estimate of drug-likeness (QED) is 0.761. The molecule has 5 atom stereocenters. The topological polar surface area (TPSA) is 66.4 Å². The van der Waals surface area contributed by atoms with Gasteiger partial charge in [0.05, 0.1) is 5.41 Å². The van der Waals surface area contributed by atoms with Gasteiger partial charge in [0, 0.05) is 4.83 Å². The number of nitrogens with one attached hydrogen (secondary N) is 1. The van der Waals surface area contributed by atoms with Crippen LogP contribution in [-0.2, 0) is 9.59 Å². The minimum absolute atomic E-state index is 0.0507. The standard InChI is InChI=1S/C14H22BrNO3/c1-3-8(2)11(12(17)18)16-13(19)14-5-4-9(7-14)6-10(14)15/h8-11H,3-7H2,1-2H3,(H,16,19)(H,17,18)/t8-,9-,10-,11-,14+/m0/s1. The molecule has 5 heteroatoms. The maximum Gasteiger partial charge on any atom is 0.326 e. The third kappa shape index (κ3) is 2.54. The number of amides is 1. The van der Waals surface area contributed by atoms with Crippen molar-refractivity contribution < 1.29 is 14.7 Å². The monoisotopic (exact) mass is 331 g/mol. The van der Waals surface area contributed by atoms with Gasteiger partial charge >= 0.3 is 5.97 Å². The van der Waals surface area contributed by atoms with Crippen LogP contribution >= 0.6 is 15.9 Å². The number of fused-ring (bicyclic) bond motifs is 2. The Kier molecular flexibility index (Phi) is 4.23. The SMILES string of the molecule is CC[C@H](C)[C@H](NC(=O)[C@@]12CC[C@@H](C[C@@H]1Br)C2)C(=O)O. The van der Waals surface area contributed by atoms with Gasteiger partial charge in [-0.1, -0.05) is 36.2 Å². The van der Waals surface area contributed by atoms with E-state index in [4.69, 9.17) is 0 Å². The van der Waals surface area contributed by atoms with E-state index in [-0.39, 0.29) is 22.1 Å². The summed E-state index contributed by atoms with van der Waals surface area (Å²) in [6, 6.07) is -0.772. The van der Waals surface area contributed by atoms with E-state index < -0.39 is 12.0 Å². The molecule has 0 unspecified atom stereocenters. The van der Waals surface area contributed by atoms with Gasteiger partial charge in [-0.25, -0.2) is 4.79 Å². The third-order valence-electron chi connectivity index (χ3n) is 5.01. The molecule has 2 aliphatic carbocycles. The summed E-state index contributed by atoms with van der Waals surface area (Å²) >= 11 is 3.63. The largest absolute Gasteiger partial charge is 0.480 e. The van der Waals surface area contributed by atoms with Crippen LogP contribution in [0.1, 0.15) is 46.0 Å². The number of carboxylic acid groups (broad SMARTS) is 1. The molecule has 2 N–H and O–H groups in total. The van der Waals surface area contributed by atoms with Crippen LogP contribution in [0.3, 0.4) is 0 Å². The number of carboxylic acids is 1. The smallest absolute Gasteiger partial charge is 0.326 e. The van der Waals surface area contributed by atoms with Gasteiger partial charge in [0.1, 0.15) is 6.04 Å². The van der Waals surface area contributed by atoms with E-state index in [9.17, 15) is 14.7 Å². The Labute approximate surface area is 122 Å². The van der Waals surface area contributed by atoms with E-state index in [1.165, 1.54) is 0 Å². The molecule has 19 heavy (non-hydrogen) atoms. The maximum atomic E-state index is 12.6. The van der Waals surface area contributed by atoms with Crippen molar-refractivity contribution in [2.45, 2.75) is 56.8 Å². The highest BCUT2D eigenvalue weighted by molar-refractivity contribution is 9.09. The van der Waals surface area contributed by atoms with E-state index in [1.54, 1.807) is 0 Å². The minimum atomic E-state index is -0.933. The number of aliphatic carboxylic acids is 1. The zero-order valence-electron chi connectivity index (χ0n) is 11.5. The maximum absolute atomic E-state index is 12.6. The number of alkyl halides is 1. The van der Waals surface area contributed by atoms with Crippen LogP contribution in [0.2, 0.25) is 0 Å². The van der Waals surface area contributed by atoms with Crippen molar-refractivity contribution in [1.29, 1.82) is 0 Å². The lowest BCUT2D eigenvalue weighted by molar-refractivity contribution is -0.145. The van der Waals surface area contributed by atoms with E-state index >= 15 is 0 Å². The molecule has 2 aliphatic rings. The Hall–Kier alpha value is -0.580. The number of rotatable bonds is 5. The molecule has 0 heterocycles. The average Bonchev–Trinajstić information content (AvgIpc) is 2.92. The molecule has 0 aromatic carbocycles. The number of hydrogen-bond donors (Lipinski definition) is 2. The lowest BCUT2D eigenvalue weighted by atomic mass is 9.82. The Bertz CT molecular complexity index is 387. The Morgan fingerprint density at radius 2 is 2.21 bits per heavy atom. The van der Waals surface area contributed by atoms with Crippen molar-refractivity contribution in [1.82, 2.24) is 5.32 Å². The van der Waals surface area contributed by atoms with Crippen LogP contribution < -0.4 is 5.32 Å². The zero-order chi connectivity index (χ0) is 14.2. The lowest BCUT2D eigenvalue weighted by Gasteiger charge is -2.32. The van der Waals surface area contributed by atoms with Crippen LogP contribution in [0, 0.1) is 17.3 Å². The van der Waals surface area contributed by atoms with Crippen LogP contribution in [-0.4, -0.2) is 27.9 Å². The predicted molar refractivity (Wildman–Crippen MR) is 76.1 cm³/mol. The van der Waals surface area contributed by atoms with E-state index in [0.29, 0.717) is 5.92 Å². The van der Waals surface area contributed by atoms with Gasteiger partial charge in [0.25, 0.3) is 0 Å². The summed E-state index contributed by atoms with van der Waals surface area (Å²) in [5.74, 6) is -0.424. The number of hydrogen-bond acceptors (Lipinski definition) is 2. The number of carbonyl (C=O) groups excluding carboxylic acids is 1. The molecule has 1 amide bonds. The van der Waals surface area contributed by atoms with Crippen molar-refractivity contribution in [3.05, 3.63) is 0 Å². The lowest BCUT2D eigenvalue weighted by Crippen LogP contribution is -2.52. The molecule has 108 valence electrons. The van der Waals surface area contributed by atoms with Crippen LogP contribution in [0.4, 0.5) is 0 Å². The summed E-state index contributed by atoms with van der Waals surface area (Å²) in [7, 11) is 0. The molecular formula is C14H22BrNO3. The molecule has 0 aromatic heterocycles. The molecule has 4 nitrogen and oxygen atoms in total. The van der Waals surface area contributed by atoms with Crippen molar-refractivity contribution in [3.63, 3.8) is 0 Å². The molecule has 0 saturated heterocycles. The van der Waals surface area contributed by atoms with Crippen molar-refractivity contribution in [3.8, 4) is 0 Å². The zero-order valence-corrected chi connectivity index (χ0v) is 13.1. The summed E-state index contributed by atoms with van der Waals surface area (Å²) in [5.41, 5.74) is -0.369. The first-order valence-corrected chi connectivity index (χ1v) is 8.00. The van der Waals surface area contributed by atoms with Gasteiger partial charge in [-0.2, -0.15) is 0 Å². The molecule has 0 radical (unpaired) electrons. The van der Waals surface area contributed by atoms with Crippen molar-refractivity contribution in [2.24, 2.45) is 17.3 Å². The van der Waals surface area contributed by atoms with Gasteiger partial charge in [-0.3, -0.25) is 4.79 Å². The van der Waals surface area contributed by atoms with E-state index in [2.05, 4.69) is 21.2 Å². The fourth-order valence-electron chi connectivity index (χ4n) is 3.50. The predicted octanol–water partition coefficient (Wildman–Crippen LogP) is 2.56. The first kappa shape index (κ1) is 14.8. The average molecular weight is 332 g/mol.